The summed E-state index contributed by atoms with van der Waals surface area (Å²) < 4.78 is 0. The van der Waals surface area contributed by atoms with Crippen LogP contribution in [-0.4, -0.2) is 22.5 Å². The van der Waals surface area contributed by atoms with Crippen molar-refractivity contribution in [2.24, 2.45) is 0 Å². The standard InChI is InChI=1S/C8H10N2O2/c11-4-7-5-1-2-9-8(12)6(5)3-10-7/h3,10-11H,1-2,4H2,(H,9,12). The first-order valence-corrected chi connectivity index (χ1v) is 3.91. The Morgan fingerprint density at radius 3 is 3.17 bits per heavy atom. The Labute approximate surface area is 69.6 Å². The van der Waals surface area contributed by atoms with Crippen LogP contribution < -0.4 is 5.32 Å². The smallest absolute Gasteiger partial charge is 0.253 e. The molecule has 0 fully saturated rings. The Hall–Kier alpha value is -1.29. The summed E-state index contributed by atoms with van der Waals surface area (Å²) in [6.07, 6.45) is 2.45. The minimum absolute atomic E-state index is 0.0252. The van der Waals surface area contributed by atoms with Crippen LogP contribution in [0.1, 0.15) is 21.6 Å². The molecular weight excluding hydrogens is 156 g/mol. The summed E-state index contributed by atoms with van der Waals surface area (Å²) in [5, 5.41) is 11.6. The lowest BCUT2D eigenvalue weighted by Crippen LogP contribution is -2.31. The first kappa shape index (κ1) is 7.36. The van der Waals surface area contributed by atoms with Gasteiger partial charge in [-0.3, -0.25) is 4.79 Å². The van der Waals surface area contributed by atoms with Crippen molar-refractivity contribution in [1.82, 2.24) is 10.3 Å². The van der Waals surface area contributed by atoms with Gasteiger partial charge in [0.15, 0.2) is 0 Å². The van der Waals surface area contributed by atoms with Crippen LogP contribution in [0.4, 0.5) is 0 Å². The summed E-state index contributed by atoms with van der Waals surface area (Å²) in [5.41, 5.74) is 2.39. The molecule has 64 valence electrons. The van der Waals surface area contributed by atoms with E-state index in [1.165, 1.54) is 0 Å². The second kappa shape index (κ2) is 2.64. The van der Waals surface area contributed by atoms with Crippen molar-refractivity contribution in [3.8, 4) is 0 Å². The number of amides is 1. The molecule has 0 bridgehead atoms. The van der Waals surface area contributed by atoms with Crippen molar-refractivity contribution in [3.63, 3.8) is 0 Å². The Balaban J connectivity index is 2.48. The molecule has 0 spiro atoms. The molecule has 4 heteroatoms. The van der Waals surface area contributed by atoms with Crippen LogP contribution in [-0.2, 0) is 13.0 Å². The van der Waals surface area contributed by atoms with Gasteiger partial charge in [-0.2, -0.15) is 0 Å². The van der Waals surface area contributed by atoms with Gasteiger partial charge in [-0.25, -0.2) is 0 Å². The van der Waals surface area contributed by atoms with E-state index in [0.29, 0.717) is 12.1 Å². The van der Waals surface area contributed by atoms with Gasteiger partial charge < -0.3 is 15.4 Å². The molecule has 2 rings (SSSR count). The maximum atomic E-state index is 11.2. The van der Waals surface area contributed by atoms with Crippen molar-refractivity contribution < 1.29 is 9.90 Å². The van der Waals surface area contributed by atoms with E-state index in [9.17, 15) is 4.79 Å². The fourth-order valence-electron chi connectivity index (χ4n) is 1.52. The third-order valence-electron chi connectivity index (χ3n) is 2.14. The summed E-state index contributed by atoms with van der Waals surface area (Å²) in [5.74, 6) is -0.0489. The van der Waals surface area contributed by atoms with Gasteiger partial charge >= 0.3 is 0 Å². The SMILES string of the molecule is O=C1NCCc2c1c[nH]c2CO. The minimum Gasteiger partial charge on any atom is -0.390 e. The zero-order chi connectivity index (χ0) is 8.55. The number of aromatic amines is 1. The van der Waals surface area contributed by atoms with Crippen molar-refractivity contribution >= 4 is 5.91 Å². The molecule has 4 nitrogen and oxygen atoms in total. The summed E-state index contributed by atoms with van der Waals surface area (Å²) >= 11 is 0. The molecule has 0 unspecified atom stereocenters. The van der Waals surface area contributed by atoms with Crippen LogP contribution in [0.5, 0.6) is 0 Å². The lowest BCUT2D eigenvalue weighted by molar-refractivity contribution is 0.0946. The van der Waals surface area contributed by atoms with E-state index >= 15 is 0 Å². The number of hydrogen-bond donors (Lipinski definition) is 3. The molecule has 0 aromatic carbocycles. The van der Waals surface area contributed by atoms with Crippen molar-refractivity contribution in [3.05, 3.63) is 23.0 Å². The summed E-state index contributed by atoms with van der Waals surface area (Å²) in [6, 6.07) is 0. The molecule has 1 amide bonds. The zero-order valence-corrected chi connectivity index (χ0v) is 6.55. The largest absolute Gasteiger partial charge is 0.390 e. The number of carbonyl (C=O) groups is 1. The number of hydrogen-bond acceptors (Lipinski definition) is 2. The van der Waals surface area contributed by atoms with E-state index in [0.717, 1.165) is 17.7 Å². The molecule has 0 radical (unpaired) electrons. The van der Waals surface area contributed by atoms with E-state index in [-0.39, 0.29) is 12.5 Å². The fraction of sp³-hybridized carbons (Fsp3) is 0.375. The van der Waals surface area contributed by atoms with Crippen LogP contribution in [0.15, 0.2) is 6.20 Å². The maximum absolute atomic E-state index is 11.2. The summed E-state index contributed by atoms with van der Waals surface area (Å²) in [4.78, 5) is 14.1. The van der Waals surface area contributed by atoms with Gasteiger partial charge in [0.25, 0.3) is 5.91 Å². The molecule has 1 aliphatic rings. The van der Waals surface area contributed by atoms with E-state index in [2.05, 4.69) is 10.3 Å². The van der Waals surface area contributed by atoms with Crippen LogP contribution in [0.25, 0.3) is 0 Å². The average Bonchev–Trinajstić information content (AvgIpc) is 2.49. The molecule has 3 N–H and O–H groups in total. The highest BCUT2D eigenvalue weighted by atomic mass is 16.3. The molecular formula is C8H10N2O2. The summed E-state index contributed by atoms with van der Waals surface area (Å²) in [7, 11) is 0. The molecule has 0 saturated carbocycles. The quantitative estimate of drug-likeness (QED) is 0.540. The van der Waals surface area contributed by atoms with E-state index in [1.807, 2.05) is 0 Å². The van der Waals surface area contributed by atoms with Crippen molar-refractivity contribution in [2.45, 2.75) is 13.0 Å². The normalized spacial score (nSPS) is 15.6. The highest BCUT2D eigenvalue weighted by molar-refractivity contribution is 5.96. The van der Waals surface area contributed by atoms with Gasteiger partial charge in [0.2, 0.25) is 0 Å². The number of H-pyrrole nitrogens is 1. The van der Waals surface area contributed by atoms with E-state index in [1.54, 1.807) is 6.20 Å². The molecule has 0 atom stereocenters. The lowest BCUT2D eigenvalue weighted by atomic mass is 10.0. The van der Waals surface area contributed by atoms with Gasteiger partial charge in [-0.1, -0.05) is 0 Å². The van der Waals surface area contributed by atoms with E-state index in [4.69, 9.17) is 5.11 Å². The van der Waals surface area contributed by atoms with Crippen LogP contribution in [0.2, 0.25) is 0 Å². The van der Waals surface area contributed by atoms with Gasteiger partial charge in [0.05, 0.1) is 12.2 Å². The molecule has 12 heavy (non-hydrogen) atoms. The second-order valence-electron chi connectivity index (χ2n) is 2.82. The maximum Gasteiger partial charge on any atom is 0.253 e. The van der Waals surface area contributed by atoms with Crippen LogP contribution >= 0.6 is 0 Å². The Morgan fingerprint density at radius 1 is 1.58 bits per heavy atom. The van der Waals surface area contributed by atoms with Gasteiger partial charge in [-0.05, 0) is 12.0 Å². The monoisotopic (exact) mass is 166 g/mol. The number of fused-ring (bicyclic) bond motifs is 1. The number of aliphatic hydroxyl groups excluding tert-OH is 1. The fourth-order valence-corrected chi connectivity index (χ4v) is 1.52. The van der Waals surface area contributed by atoms with E-state index < -0.39 is 0 Å². The molecule has 2 heterocycles. The lowest BCUT2D eigenvalue weighted by Gasteiger charge is -2.12. The number of rotatable bonds is 1. The number of aromatic nitrogens is 1. The number of aliphatic hydroxyl groups is 1. The highest BCUT2D eigenvalue weighted by Gasteiger charge is 2.20. The highest BCUT2D eigenvalue weighted by Crippen LogP contribution is 2.17. The Kier molecular flexibility index (Phi) is 1.62. The average molecular weight is 166 g/mol. The zero-order valence-electron chi connectivity index (χ0n) is 6.55. The molecule has 0 saturated heterocycles. The van der Waals surface area contributed by atoms with Crippen molar-refractivity contribution in [1.29, 1.82) is 0 Å². The Morgan fingerprint density at radius 2 is 2.42 bits per heavy atom. The molecule has 1 aromatic heterocycles. The van der Waals surface area contributed by atoms with Crippen molar-refractivity contribution in [2.75, 3.05) is 6.54 Å². The first-order chi connectivity index (χ1) is 5.83. The van der Waals surface area contributed by atoms with Gasteiger partial charge in [-0.15, -0.1) is 0 Å². The van der Waals surface area contributed by atoms with Crippen LogP contribution in [0, 0.1) is 0 Å². The summed E-state index contributed by atoms with van der Waals surface area (Å²) in [6.45, 7) is 0.638. The first-order valence-electron chi connectivity index (χ1n) is 3.91. The second-order valence-corrected chi connectivity index (χ2v) is 2.82. The predicted molar refractivity (Wildman–Crippen MR) is 42.8 cm³/mol. The minimum atomic E-state index is -0.0489. The van der Waals surface area contributed by atoms with Crippen LogP contribution in [0.3, 0.4) is 0 Å². The molecule has 1 aromatic rings. The topological polar surface area (TPSA) is 65.1 Å². The van der Waals surface area contributed by atoms with Gasteiger partial charge in [0, 0.05) is 18.4 Å². The predicted octanol–water partition coefficient (Wildman–Crippen LogP) is -0.207. The Bertz CT molecular complexity index is 317. The third kappa shape index (κ3) is 0.921. The number of carbonyl (C=O) groups excluding carboxylic acids is 1. The van der Waals surface area contributed by atoms with Gasteiger partial charge in [0.1, 0.15) is 0 Å². The molecule has 0 aliphatic carbocycles. The molecule has 1 aliphatic heterocycles. The number of nitrogens with one attached hydrogen (secondary N) is 2. The third-order valence-corrected chi connectivity index (χ3v) is 2.14.